The van der Waals surface area contributed by atoms with Crippen molar-refractivity contribution in [1.82, 2.24) is 9.97 Å². The smallest absolute Gasteiger partial charge is 0.338 e. The normalized spacial score (nSPS) is 10.4. The average molecular weight is 335 g/mol. The maximum Gasteiger partial charge on any atom is 0.338 e. The molecule has 126 valence electrons. The van der Waals surface area contributed by atoms with Crippen LogP contribution in [0.25, 0.3) is 11.0 Å². The van der Waals surface area contributed by atoms with E-state index in [0.29, 0.717) is 30.1 Å². The Morgan fingerprint density at radius 2 is 1.84 bits per heavy atom. The van der Waals surface area contributed by atoms with Gasteiger partial charge in [-0.15, -0.1) is 0 Å². The number of rotatable bonds is 6. The van der Waals surface area contributed by atoms with Crippen molar-refractivity contribution in [3.05, 3.63) is 66.0 Å². The van der Waals surface area contributed by atoms with Crippen LogP contribution in [0.2, 0.25) is 0 Å². The van der Waals surface area contributed by atoms with Crippen LogP contribution in [0, 0.1) is 0 Å². The zero-order valence-electron chi connectivity index (χ0n) is 13.8. The molecule has 0 saturated heterocycles. The minimum atomic E-state index is -0.382. The van der Waals surface area contributed by atoms with Gasteiger partial charge in [0.2, 0.25) is 6.41 Å². The summed E-state index contributed by atoms with van der Waals surface area (Å²) in [5, 5.41) is 0. The standard InChI is InChI=1S/C19H17N3O3/c1-2-25-19(24)14-7-9-16(10-8-14)22(13-23)12-15-11-20-17-5-3-4-6-18(17)21-15/h3-11,13H,2,12H2,1H3. The number of ether oxygens (including phenoxy) is 1. The summed E-state index contributed by atoms with van der Waals surface area (Å²) in [6, 6.07) is 14.2. The number of amides is 1. The largest absolute Gasteiger partial charge is 0.462 e. The third-order valence-corrected chi connectivity index (χ3v) is 3.67. The van der Waals surface area contributed by atoms with Crippen molar-refractivity contribution in [2.45, 2.75) is 13.5 Å². The molecule has 1 aromatic heterocycles. The lowest BCUT2D eigenvalue weighted by Gasteiger charge is -2.17. The number of benzene rings is 2. The maximum atomic E-state index is 11.7. The molecule has 0 spiro atoms. The Morgan fingerprint density at radius 3 is 2.52 bits per heavy atom. The summed E-state index contributed by atoms with van der Waals surface area (Å²) < 4.78 is 4.95. The molecule has 0 aliphatic carbocycles. The molecule has 1 heterocycles. The molecule has 6 heteroatoms. The molecule has 0 aliphatic rings. The summed E-state index contributed by atoms with van der Waals surface area (Å²) in [6.45, 7) is 2.37. The minimum absolute atomic E-state index is 0.292. The Morgan fingerprint density at radius 1 is 1.12 bits per heavy atom. The molecule has 0 radical (unpaired) electrons. The van der Waals surface area contributed by atoms with E-state index in [1.807, 2.05) is 24.3 Å². The number of nitrogens with zero attached hydrogens (tertiary/aromatic N) is 3. The van der Waals surface area contributed by atoms with E-state index in [1.54, 1.807) is 37.4 Å². The van der Waals surface area contributed by atoms with Gasteiger partial charge >= 0.3 is 5.97 Å². The zero-order chi connectivity index (χ0) is 17.6. The van der Waals surface area contributed by atoms with Gasteiger partial charge in [0.15, 0.2) is 0 Å². The highest BCUT2D eigenvalue weighted by Gasteiger charge is 2.11. The molecular formula is C19H17N3O3. The van der Waals surface area contributed by atoms with E-state index >= 15 is 0 Å². The van der Waals surface area contributed by atoms with Crippen LogP contribution in [-0.4, -0.2) is 29.0 Å². The Bertz CT molecular complexity index is 894. The molecule has 0 atom stereocenters. The zero-order valence-corrected chi connectivity index (χ0v) is 13.8. The number of aromatic nitrogens is 2. The summed E-state index contributed by atoms with van der Waals surface area (Å²) in [5.74, 6) is -0.382. The van der Waals surface area contributed by atoms with Crippen molar-refractivity contribution in [1.29, 1.82) is 0 Å². The molecule has 0 aliphatic heterocycles. The number of hydrogen-bond donors (Lipinski definition) is 0. The number of carbonyl (C=O) groups excluding carboxylic acids is 2. The van der Waals surface area contributed by atoms with Crippen molar-refractivity contribution in [3.63, 3.8) is 0 Å². The molecule has 3 aromatic rings. The molecule has 0 N–H and O–H groups in total. The Kier molecular flexibility index (Phi) is 4.99. The fourth-order valence-electron chi connectivity index (χ4n) is 2.44. The first kappa shape index (κ1) is 16.6. The fraction of sp³-hybridized carbons (Fsp3) is 0.158. The fourth-order valence-corrected chi connectivity index (χ4v) is 2.44. The first-order valence-electron chi connectivity index (χ1n) is 7.91. The van der Waals surface area contributed by atoms with Crippen molar-refractivity contribution < 1.29 is 14.3 Å². The van der Waals surface area contributed by atoms with Gasteiger partial charge in [-0.05, 0) is 43.3 Å². The summed E-state index contributed by atoms with van der Waals surface area (Å²) in [4.78, 5) is 33.6. The topological polar surface area (TPSA) is 72.4 Å². The van der Waals surface area contributed by atoms with Crippen molar-refractivity contribution in [3.8, 4) is 0 Å². The van der Waals surface area contributed by atoms with Gasteiger partial charge in [0.25, 0.3) is 0 Å². The average Bonchev–Trinajstić information content (AvgIpc) is 2.66. The number of para-hydroxylation sites is 2. The highest BCUT2D eigenvalue weighted by Crippen LogP contribution is 2.17. The number of hydrogen-bond acceptors (Lipinski definition) is 5. The SMILES string of the molecule is CCOC(=O)c1ccc(N(C=O)Cc2cnc3ccccc3n2)cc1. The number of fused-ring (bicyclic) bond motifs is 1. The Labute approximate surface area is 145 Å². The lowest BCUT2D eigenvalue weighted by molar-refractivity contribution is -0.107. The molecule has 6 nitrogen and oxygen atoms in total. The van der Waals surface area contributed by atoms with Crippen molar-refractivity contribution in [2.75, 3.05) is 11.5 Å². The summed E-state index contributed by atoms with van der Waals surface area (Å²) >= 11 is 0. The maximum absolute atomic E-state index is 11.7. The van der Waals surface area contributed by atoms with Crippen LogP contribution in [0.1, 0.15) is 23.0 Å². The van der Waals surface area contributed by atoms with Gasteiger partial charge in [-0.2, -0.15) is 0 Å². The number of carbonyl (C=O) groups is 2. The minimum Gasteiger partial charge on any atom is -0.462 e. The molecule has 0 fully saturated rings. The second-order valence-electron chi connectivity index (χ2n) is 5.35. The molecule has 0 saturated carbocycles. The number of anilines is 1. The molecule has 1 amide bonds. The third-order valence-electron chi connectivity index (χ3n) is 3.67. The van der Waals surface area contributed by atoms with E-state index in [1.165, 1.54) is 4.90 Å². The predicted octanol–water partition coefficient (Wildman–Crippen LogP) is 2.97. The second-order valence-corrected chi connectivity index (χ2v) is 5.35. The van der Waals surface area contributed by atoms with Crippen LogP contribution in [0.3, 0.4) is 0 Å². The predicted molar refractivity (Wildman–Crippen MR) is 94.2 cm³/mol. The first-order chi connectivity index (χ1) is 12.2. The van der Waals surface area contributed by atoms with E-state index in [0.717, 1.165) is 17.4 Å². The van der Waals surface area contributed by atoms with Gasteiger partial charge in [-0.3, -0.25) is 9.78 Å². The number of esters is 1. The van der Waals surface area contributed by atoms with Gasteiger partial charge in [-0.25, -0.2) is 9.78 Å². The summed E-state index contributed by atoms with van der Waals surface area (Å²) in [7, 11) is 0. The highest BCUT2D eigenvalue weighted by molar-refractivity contribution is 5.90. The summed E-state index contributed by atoms with van der Waals surface area (Å²) in [6.07, 6.45) is 2.39. The first-order valence-corrected chi connectivity index (χ1v) is 7.91. The highest BCUT2D eigenvalue weighted by atomic mass is 16.5. The van der Waals surface area contributed by atoms with Crippen LogP contribution in [0.5, 0.6) is 0 Å². The van der Waals surface area contributed by atoms with Crippen LogP contribution in [0.15, 0.2) is 54.7 Å². The summed E-state index contributed by atoms with van der Waals surface area (Å²) in [5.41, 5.74) is 3.38. The van der Waals surface area contributed by atoms with Gasteiger partial charge in [-0.1, -0.05) is 12.1 Å². The lowest BCUT2D eigenvalue weighted by Crippen LogP contribution is -2.21. The lowest BCUT2D eigenvalue weighted by atomic mass is 10.2. The molecule has 0 bridgehead atoms. The van der Waals surface area contributed by atoms with Crippen molar-refractivity contribution >= 4 is 29.1 Å². The monoisotopic (exact) mass is 335 g/mol. The van der Waals surface area contributed by atoms with E-state index in [2.05, 4.69) is 9.97 Å². The van der Waals surface area contributed by atoms with E-state index in [-0.39, 0.29) is 5.97 Å². The quantitative estimate of drug-likeness (QED) is 0.511. The van der Waals surface area contributed by atoms with Crippen molar-refractivity contribution in [2.24, 2.45) is 0 Å². The van der Waals surface area contributed by atoms with Gasteiger partial charge < -0.3 is 9.64 Å². The Balaban J connectivity index is 1.79. The van der Waals surface area contributed by atoms with Crippen LogP contribution in [0.4, 0.5) is 5.69 Å². The Hall–Kier alpha value is -3.28. The van der Waals surface area contributed by atoms with E-state index < -0.39 is 0 Å². The van der Waals surface area contributed by atoms with Gasteiger partial charge in [0.1, 0.15) is 0 Å². The van der Waals surface area contributed by atoms with Crippen LogP contribution in [-0.2, 0) is 16.1 Å². The molecule has 25 heavy (non-hydrogen) atoms. The van der Waals surface area contributed by atoms with E-state index in [4.69, 9.17) is 4.74 Å². The molecule has 2 aromatic carbocycles. The second kappa shape index (κ2) is 7.53. The van der Waals surface area contributed by atoms with Crippen LogP contribution >= 0.6 is 0 Å². The molecule has 3 rings (SSSR count). The van der Waals surface area contributed by atoms with E-state index in [9.17, 15) is 9.59 Å². The molecular weight excluding hydrogens is 318 g/mol. The van der Waals surface area contributed by atoms with Gasteiger partial charge in [0.05, 0.1) is 41.6 Å². The third kappa shape index (κ3) is 3.80. The van der Waals surface area contributed by atoms with Gasteiger partial charge in [0, 0.05) is 5.69 Å². The molecule has 0 unspecified atom stereocenters. The van der Waals surface area contributed by atoms with Crippen LogP contribution < -0.4 is 4.90 Å².